The van der Waals surface area contributed by atoms with Gasteiger partial charge in [-0.1, -0.05) is 23.8 Å². The maximum atomic E-state index is 12.4. The molecule has 2 N–H and O–H groups in total. The van der Waals surface area contributed by atoms with Crippen LogP contribution in [-0.4, -0.2) is 19.3 Å². The van der Waals surface area contributed by atoms with Gasteiger partial charge in [0.1, 0.15) is 0 Å². The molecule has 0 spiro atoms. The number of hydrogen-bond acceptors (Lipinski definition) is 5. The van der Waals surface area contributed by atoms with Gasteiger partial charge in [0.2, 0.25) is 0 Å². The molecule has 0 fully saturated rings. The minimum atomic E-state index is -3.74. The fraction of sp³-hybridized carbons (Fsp3) is 0.111. The van der Waals surface area contributed by atoms with Crippen LogP contribution in [0, 0.1) is 6.92 Å². The third-order valence-electron chi connectivity index (χ3n) is 3.59. The number of sulfonamides is 1. The van der Waals surface area contributed by atoms with E-state index < -0.39 is 10.0 Å². The molecule has 6 nitrogen and oxygen atoms in total. The van der Waals surface area contributed by atoms with Gasteiger partial charge in [-0.05, 0) is 36.6 Å². The molecule has 1 aromatic carbocycles. The first-order valence-electron chi connectivity index (χ1n) is 7.79. The molecule has 2 heterocycles. The van der Waals surface area contributed by atoms with Gasteiger partial charge in [-0.25, -0.2) is 8.42 Å². The van der Waals surface area contributed by atoms with Crippen molar-refractivity contribution in [2.45, 2.75) is 18.4 Å². The average Bonchev–Trinajstić information content (AvgIpc) is 3.13. The first-order valence-corrected chi connectivity index (χ1v) is 10.2. The lowest BCUT2D eigenvalue weighted by Crippen LogP contribution is -2.22. The zero-order valence-corrected chi connectivity index (χ0v) is 15.6. The van der Waals surface area contributed by atoms with E-state index in [-0.39, 0.29) is 22.1 Å². The summed E-state index contributed by atoms with van der Waals surface area (Å²) < 4.78 is 27.3. The summed E-state index contributed by atoms with van der Waals surface area (Å²) in [5, 5.41) is 4.72. The summed E-state index contributed by atoms with van der Waals surface area (Å²) >= 11 is 1.55. The third kappa shape index (κ3) is 4.47. The number of rotatable bonds is 6. The van der Waals surface area contributed by atoms with E-state index in [4.69, 9.17) is 0 Å². The smallest absolute Gasteiger partial charge is 0.261 e. The Hall–Kier alpha value is -2.71. The van der Waals surface area contributed by atoms with Crippen molar-refractivity contribution in [2.75, 3.05) is 4.72 Å². The molecule has 0 radical (unpaired) electrons. The average molecular weight is 387 g/mol. The molecular formula is C18H17N3O3S2. The van der Waals surface area contributed by atoms with Crippen LogP contribution in [-0.2, 0) is 16.6 Å². The first kappa shape index (κ1) is 18.1. The van der Waals surface area contributed by atoms with Crippen LogP contribution in [0.1, 0.15) is 20.8 Å². The summed E-state index contributed by atoms with van der Waals surface area (Å²) in [6.45, 7) is 2.29. The lowest BCUT2D eigenvalue weighted by atomic mass is 10.2. The maximum Gasteiger partial charge on any atom is 0.261 e. The predicted molar refractivity (Wildman–Crippen MR) is 102 cm³/mol. The second-order valence-electron chi connectivity index (χ2n) is 5.64. The molecule has 3 rings (SSSR count). The summed E-state index contributed by atoms with van der Waals surface area (Å²) in [7, 11) is -3.74. The summed E-state index contributed by atoms with van der Waals surface area (Å²) in [4.78, 5) is 17.4. The van der Waals surface area contributed by atoms with Gasteiger partial charge in [0.15, 0.2) is 0 Å². The van der Waals surface area contributed by atoms with Gasteiger partial charge < -0.3 is 5.32 Å². The van der Waals surface area contributed by atoms with E-state index in [9.17, 15) is 13.2 Å². The minimum absolute atomic E-state index is 0.149. The number of anilines is 1. The van der Waals surface area contributed by atoms with E-state index in [1.807, 2.05) is 24.4 Å². The van der Waals surface area contributed by atoms with Crippen molar-refractivity contribution >= 4 is 33.0 Å². The van der Waals surface area contributed by atoms with Crippen molar-refractivity contribution in [3.05, 3.63) is 76.2 Å². The van der Waals surface area contributed by atoms with Crippen LogP contribution in [0.4, 0.5) is 5.69 Å². The van der Waals surface area contributed by atoms with E-state index in [0.717, 1.165) is 10.4 Å². The van der Waals surface area contributed by atoms with Crippen LogP contribution >= 0.6 is 11.3 Å². The van der Waals surface area contributed by atoms with Crippen LogP contribution in [0.5, 0.6) is 0 Å². The molecule has 0 bridgehead atoms. The van der Waals surface area contributed by atoms with Gasteiger partial charge in [0.05, 0.1) is 28.9 Å². The van der Waals surface area contributed by atoms with Crippen molar-refractivity contribution in [3.8, 4) is 0 Å². The Labute approximate surface area is 156 Å². The number of amides is 1. The highest BCUT2D eigenvalue weighted by Crippen LogP contribution is 2.17. The van der Waals surface area contributed by atoms with Gasteiger partial charge in [-0.15, -0.1) is 11.3 Å². The molecule has 134 valence electrons. The molecule has 1 amide bonds. The molecule has 2 aromatic heterocycles. The highest BCUT2D eigenvalue weighted by atomic mass is 32.2. The number of carbonyl (C=O) groups is 1. The van der Waals surface area contributed by atoms with E-state index in [0.29, 0.717) is 6.54 Å². The minimum Gasteiger partial charge on any atom is -0.347 e. The van der Waals surface area contributed by atoms with Crippen molar-refractivity contribution in [1.82, 2.24) is 10.3 Å². The Morgan fingerprint density at radius 1 is 1.15 bits per heavy atom. The lowest BCUT2D eigenvalue weighted by molar-refractivity contribution is 0.0951. The maximum absolute atomic E-state index is 12.4. The summed E-state index contributed by atoms with van der Waals surface area (Å²) in [6.07, 6.45) is 2.76. The Morgan fingerprint density at radius 2 is 1.92 bits per heavy atom. The predicted octanol–water partition coefficient (Wildman–Crippen LogP) is 3.18. The van der Waals surface area contributed by atoms with Gasteiger partial charge in [-0.2, -0.15) is 0 Å². The monoisotopic (exact) mass is 387 g/mol. The fourth-order valence-electron chi connectivity index (χ4n) is 2.23. The third-order valence-corrected chi connectivity index (χ3v) is 5.86. The number of aryl methyl sites for hydroxylation is 1. The van der Waals surface area contributed by atoms with Gasteiger partial charge in [0.25, 0.3) is 15.9 Å². The lowest BCUT2D eigenvalue weighted by Gasteiger charge is -2.09. The molecule has 0 atom stereocenters. The SMILES string of the molecule is Cc1ccc(S(=O)(=O)Nc2cncc(C(=O)NCc3cccs3)c2)cc1. The van der Waals surface area contributed by atoms with E-state index in [1.165, 1.54) is 30.6 Å². The molecule has 3 aromatic rings. The van der Waals surface area contributed by atoms with Crippen LogP contribution < -0.4 is 10.0 Å². The van der Waals surface area contributed by atoms with E-state index >= 15 is 0 Å². The summed E-state index contributed by atoms with van der Waals surface area (Å²) in [5.41, 5.74) is 1.48. The second kappa shape index (κ2) is 7.67. The standard InChI is InChI=1S/C18H17N3O3S2/c1-13-4-6-17(7-5-13)26(23,24)21-15-9-14(10-19-11-15)18(22)20-12-16-3-2-8-25-16/h2-11,21H,12H2,1H3,(H,20,22). The number of nitrogens with one attached hydrogen (secondary N) is 2. The highest BCUT2D eigenvalue weighted by molar-refractivity contribution is 7.92. The largest absolute Gasteiger partial charge is 0.347 e. The molecule has 0 aliphatic heterocycles. The van der Waals surface area contributed by atoms with Crippen LogP contribution in [0.3, 0.4) is 0 Å². The topological polar surface area (TPSA) is 88.2 Å². The highest BCUT2D eigenvalue weighted by Gasteiger charge is 2.15. The molecular weight excluding hydrogens is 370 g/mol. The van der Waals surface area contributed by atoms with Crippen molar-refractivity contribution in [1.29, 1.82) is 0 Å². The Kier molecular flexibility index (Phi) is 5.34. The summed E-state index contributed by atoms with van der Waals surface area (Å²) in [6, 6.07) is 11.8. The zero-order chi connectivity index (χ0) is 18.6. The molecule has 8 heteroatoms. The number of carbonyl (C=O) groups excluding carboxylic acids is 1. The number of nitrogens with zero attached hydrogens (tertiary/aromatic N) is 1. The quantitative estimate of drug-likeness (QED) is 0.680. The number of thiophene rings is 1. The molecule has 0 aliphatic rings. The summed E-state index contributed by atoms with van der Waals surface area (Å²) in [5.74, 6) is -0.317. The second-order valence-corrected chi connectivity index (χ2v) is 8.36. The number of hydrogen-bond donors (Lipinski definition) is 2. The molecule has 0 saturated carbocycles. The van der Waals surface area contributed by atoms with Crippen LogP contribution in [0.2, 0.25) is 0 Å². The van der Waals surface area contributed by atoms with E-state index in [1.54, 1.807) is 23.5 Å². The molecule has 0 unspecified atom stereocenters. The van der Waals surface area contributed by atoms with Crippen molar-refractivity contribution < 1.29 is 13.2 Å². The first-order chi connectivity index (χ1) is 12.4. The van der Waals surface area contributed by atoms with Gasteiger partial charge in [-0.3, -0.25) is 14.5 Å². The fourth-order valence-corrected chi connectivity index (χ4v) is 3.91. The Balaban J connectivity index is 1.72. The molecule has 26 heavy (non-hydrogen) atoms. The Morgan fingerprint density at radius 3 is 2.62 bits per heavy atom. The number of benzene rings is 1. The normalized spacial score (nSPS) is 11.1. The van der Waals surface area contributed by atoms with Gasteiger partial charge >= 0.3 is 0 Å². The Bertz CT molecular complexity index is 998. The van der Waals surface area contributed by atoms with Crippen LogP contribution in [0.25, 0.3) is 0 Å². The number of pyridine rings is 1. The van der Waals surface area contributed by atoms with E-state index in [2.05, 4.69) is 15.0 Å². The van der Waals surface area contributed by atoms with Crippen molar-refractivity contribution in [3.63, 3.8) is 0 Å². The molecule has 0 aliphatic carbocycles. The zero-order valence-electron chi connectivity index (χ0n) is 14.0. The van der Waals surface area contributed by atoms with Crippen molar-refractivity contribution in [2.24, 2.45) is 0 Å². The van der Waals surface area contributed by atoms with Gasteiger partial charge in [0, 0.05) is 11.1 Å². The molecule has 0 saturated heterocycles. The van der Waals surface area contributed by atoms with Crippen LogP contribution in [0.15, 0.2) is 65.1 Å². The number of aromatic nitrogens is 1.